The SMILES string of the molecule is CN1C(=CC(=O)CSc2nc3sc4c(c3c(=O)n2C)CCC4)C(C)(C)c2ccccc21. The molecule has 31 heavy (non-hydrogen) atoms. The van der Waals surface area contributed by atoms with Gasteiger partial charge in [0.05, 0.1) is 11.1 Å². The smallest absolute Gasteiger partial charge is 0.262 e. The van der Waals surface area contributed by atoms with Crippen LogP contribution in [0.3, 0.4) is 0 Å². The van der Waals surface area contributed by atoms with Crippen molar-refractivity contribution in [3.8, 4) is 0 Å². The number of hydrogen-bond acceptors (Lipinski definition) is 6. The summed E-state index contributed by atoms with van der Waals surface area (Å²) in [6.45, 7) is 4.30. The molecule has 0 amide bonds. The maximum Gasteiger partial charge on any atom is 0.262 e. The number of carbonyl (C=O) groups is 1. The van der Waals surface area contributed by atoms with Crippen LogP contribution in [0.5, 0.6) is 0 Å². The fraction of sp³-hybridized carbons (Fsp3) is 0.375. The summed E-state index contributed by atoms with van der Waals surface area (Å²) < 4.78 is 1.60. The zero-order chi connectivity index (χ0) is 21.9. The van der Waals surface area contributed by atoms with E-state index in [0.29, 0.717) is 5.16 Å². The van der Waals surface area contributed by atoms with Crippen LogP contribution in [0.2, 0.25) is 0 Å². The van der Waals surface area contributed by atoms with E-state index in [2.05, 4.69) is 30.9 Å². The molecule has 0 fully saturated rings. The fourth-order valence-corrected chi connectivity index (χ4v) is 6.92. The van der Waals surface area contributed by atoms with Crippen LogP contribution < -0.4 is 10.5 Å². The molecule has 1 aromatic carbocycles. The maximum absolute atomic E-state index is 13.0. The number of likely N-dealkylation sites (N-methyl/N-ethyl adjacent to an activating group) is 1. The van der Waals surface area contributed by atoms with E-state index in [1.54, 1.807) is 29.0 Å². The second-order valence-corrected chi connectivity index (χ2v) is 10.8. The highest BCUT2D eigenvalue weighted by Crippen LogP contribution is 2.46. The summed E-state index contributed by atoms with van der Waals surface area (Å²) in [5.41, 5.74) is 4.32. The maximum atomic E-state index is 13.0. The Kier molecular flexibility index (Phi) is 4.86. The first-order valence-electron chi connectivity index (χ1n) is 10.5. The van der Waals surface area contributed by atoms with Crippen LogP contribution in [-0.4, -0.2) is 28.1 Å². The Bertz CT molecular complexity index is 1320. The number of aryl methyl sites for hydroxylation is 2. The van der Waals surface area contributed by atoms with Gasteiger partial charge in [-0.2, -0.15) is 0 Å². The first-order chi connectivity index (χ1) is 14.8. The molecule has 3 heterocycles. The molecular formula is C24H25N3O2S2. The first kappa shape index (κ1) is 20.5. The molecule has 0 N–H and O–H groups in total. The van der Waals surface area contributed by atoms with Gasteiger partial charge in [0.15, 0.2) is 10.9 Å². The second-order valence-electron chi connectivity index (χ2n) is 8.78. The Morgan fingerprint density at radius 1 is 1.26 bits per heavy atom. The van der Waals surface area contributed by atoms with Gasteiger partial charge < -0.3 is 4.90 Å². The average Bonchev–Trinajstić information content (AvgIpc) is 3.38. The van der Waals surface area contributed by atoms with E-state index in [9.17, 15) is 9.59 Å². The molecule has 2 aliphatic rings. The van der Waals surface area contributed by atoms with Crippen molar-refractivity contribution in [1.82, 2.24) is 9.55 Å². The molecule has 5 nitrogen and oxygen atoms in total. The fourth-order valence-electron chi connectivity index (χ4n) is 4.82. The molecule has 7 heteroatoms. The van der Waals surface area contributed by atoms with Crippen LogP contribution >= 0.6 is 23.1 Å². The Morgan fingerprint density at radius 2 is 2.03 bits per heavy atom. The summed E-state index contributed by atoms with van der Waals surface area (Å²) in [5, 5.41) is 1.39. The van der Waals surface area contributed by atoms with Gasteiger partial charge in [0.25, 0.3) is 5.56 Å². The minimum atomic E-state index is -0.229. The predicted molar refractivity (Wildman–Crippen MR) is 129 cm³/mol. The number of aromatic nitrogens is 2. The molecule has 1 aliphatic heterocycles. The lowest BCUT2D eigenvalue weighted by Gasteiger charge is -2.23. The quantitative estimate of drug-likeness (QED) is 0.333. The number of carbonyl (C=O) groups excluding carboxylic acids is 1. The Labute approximate surface area is 189 Å². The number of para-hydroxylation sites is 1. The second kappa shape index (κ2) is 7.35. The molecule has 5 rings (SSSR count). The van der Waals surface area contributed by atoms with Gasteiger partial charge in [-0.1, -0.05) is 43.8 Å². The molecule has 3 aromatic rings. The lowest BCUT2D eigenvalue weighted by atomic mass is 9.83. The van der Waals surface area contributed by atoms with E-state index in [-0.39, 0.29) is 22.5 Å². The minimum absolute atomic E-state index is 0.00446. The summed E-state index contributed by atoms with van der Waals surface area (Å²) in [5.74, 6) is 0.274. The molecular weight excluding hydrogens is 426 g/mol. The largest absolute Gasteiger partial charge is 0.347 e. The number of thioether (sulfide) groups is 1. The zero-order valence-corrected chi connectivity index (χ0v) is 19.8. The molecule has 160 valence electrons. The predicted octanol–water partition coefficient (Wildman–Crippen LogP) is 4.46. The molecule has 0 spiro atoms. The van der Waals surface area contributed by atoms with Gasteiger partial charge in [0.1, 0.15) is 4.83 Å². The third-order valence-electron chi connectivity index (χ3n) is 6.49. The molecule has 0 saturated heterocycles. The molecule has 2 aromatic heterocycles. The third-order valence-corrected chi connectivity index (χ3v) is 8.72. The summed E-state index contributed by atoms with van der Waals surface area (Å²) in [7, 11) is 3.76. The highest BCUT2D eigenvalue weighted by Gasteiger charge is 2.38. The minimum Gasteiger partial charge on any atom is -0.347 e. The highest BCUT2D eigenvalue weighted by molar-refractivity contribution is 7.99. The number of allylic oxidation sites excluding steroid dienone is 2. The van der Waals surface area contributed by atoms with E-state index >= 15 is 0 Å². The monoisotopic (exact) mass is 451 g/mol. The van der Waals surface area contributed by atoms with Crippen LogP contribution in [-0.2, 0) is 30.1 Å². The number of benzene rings is 1. The van der Waals surface area contributed by atoms with E-state index in [1.807, 2.05) is 19.2 Å². The van der Waals surface area contributed by atoms with E-state index in [0.717, 1.165) is 40.9 Å². The molecule has 0 saturated carbocycles. The third kappa shape index (κ3) is 3.17. The van der Waals surface area contributed by atoms with Crippen molar-refractivity contribution >= 4 is 44.8 Å². The van der Waals surface area contributed by atoms with Crippen LogP contribution in [0.15, 0.2) is 46.0 Å². The van der Waals surface area contributed by atoms with E-state index < -0.39 is 0 Å². The average molecular weight is 452 g/mol. The lowest BCUT2D eigenvalue weighted by molar-refractivity contribution is -0.112. The van der Waals surface area contributed by atoms with Gasteiger partial charge in [-0.15, -0.1) is 11.3 Å². The van der Waals surface area contributed by atoms with Crippen molar-refractivity contribution in [2.24, 2.45) is 7.05 Å². The van der Waals surface area contributed by atoms with Crippen LogP contribution in [0.1, 0.15) is 36.3 Å². The number of hydrogen-bond donors (Lipinski definition) is 0. The van der Waals surface area contributed by atoms with Crippen LogP contribution in [0, 0.1) is 0 Å². The zero-order valence-electron chi connectivity index (χ0n) is 18.2. The van der Waals surface area contributed by atoms with E-state index in [1.165, 1.54) is 27.8 Å². The summed E-state index contributed by atoms with van der Waals surface area (Å²) in [4.78, 5) is 34.8. The molecule has 0 radical (unpaired) electrons. The van der Waals surface area contributed by atoms with Crippen molar-refractivity contribution in [3.05, 3.63) is 62.4 Å². The van der Waals surface area contributed by atoms with Crippen molar-refractivity contribution < 1.29 is 4.79 Å². The molecule has 1 aliphatic carbocycles. The van der Waals surface area contributed by atoms with Crippen LogP contribution in [0.4, 0.5) is 5.69 Å². The standard InChI is InChI=1S/C24H25N3O2S2/c1-24(2)16-9-5-6-10-17(16)26(3)19(24)12-14(28)13-30-23-25-21-20(22(29)27(23)4)15-8-7-11-18(15)31-21/h5-6,9-10,12H,7-8,11,13H2,1-4H3. The van der Waals surface area contributed by atoms with Gasteiger partial charge in [-0.3, -0.25) is 14.2 Å². The lowest BCUT2D eigenvalue weighted by Crippen LogP contribution is -2.24. The van der Waals surface area contributed by atoms with Crippen molar-refractivity contribution in [1.29, 1.82) is 0 Å². The normalized spacial score (nSPS) is 18.1. The van der Waals surface area contributed by atoms with Gasteiger partial charge in [0.2, 0.25) is 0 Å². The van der Waals surface area contributed by atoms with Gasteiger partial charge in [0, 0.05) is 41.8 Å². The van der Waals surface area contributed by atoms with E-state index in [4.69, 9.17) is 4.98 Å². The number of thiophene rings is 1. The Morgan fingerprint density at radius 3 is 2.81 bits per heavy atom. The number of nitrogens with zero attached hydrogens (tertiary/aromatic N) is 3. The number of ketones is 1. The summed E-state index contributed by atoms with van der Waals surface area (Å²) in [6, 6.07) is 8.27. The first-order valence-corrected chi connectivity index (χ1v) is 12.3. The Hall–Kier alpha value is -2.38. The van der Waals surface area contributed by atoms with Crippen molar-refractivity contribution in [3.63, 3.8) is 0 Å². The van der Waals surface area contributed by atoms with Gasteiger partial charge >= 0.3 is 0 Å². The topological polar surface area (TPSA) is 55.2 Å². The highest BCUT2D eigenvalue weighted by atomic mass is 32.2. The number of fused-ring (bicyclic) bond motifs is 4. The van der Waals surface area contributed by atoms with Gasteiger partial charge in [-0.25, -0.2) is 4.98 Å². The number of anilines is 1. The van der Waals surface area contributed by atoms with Crippen molar-refractivity contribution in [2.45, 2.75) is 43.7 Å². The summed E-state index contributed by atoms with van der Waals surface area (Å²) >= 11 is 2.97. The van der Waals surface area contributed by atoms with Crippen LogP contribution in [0.25, 0.3) is 10.2 Å². The van der Waals surface area contributed by atoms with Gasteiger partial charge in [-0.05, 0) is 36.5 Å². The molecule has 0 bridgehead atoms. The molecule has 0 atom stereocenters. The summed E-state index contributed by atoms with van der Waals surface area (Å²) in [6.07, 6.45) is 4.88. The number of rotatable bonds is 4. The van der Waals surface area contributed by atoms with Crippen molar-refractivity contribution in [2.75, 3.05) is 17.7 Å². The molecule has 0 unspecified atom stereocenters. The Balaban J connectivity index is 1.40.